The van der Waals surface area contributed by atoms with Gasteiger partial charge in [-0.3, -0.25) is 0 Å². The van der Waals surface area contributed by atoms with E-state index in [9.17, 15) is 0 Å². The first-order chi connectivity index (χ1) is 33.6. The Hall–Kier alpha value is -5.32. The average molecular weight is 925 g/mol. The predicted octanol–water partition coefficient (Wildman–Crippen LogP) is 9.15. The Labute approximate surface area is 398 Å². The van der Waals surface area contributed by atoms with Crippen LogP contribution in [0.3, 0.4) is 0 Å². The van der Waals surface area contributed by atoms with Gasteiger partial charge in [0.05, 0.1) is 53.4 Å². The molecule has 0 aromatic heterocycles. The zero-order chi connectivity index (χ0) is 46.3. The molecule has 3 aliphatic heterocycles. The van der Waals surface area contributed by atoms with Crippen molar-refractivity contribution in [3.63, 3.8) is 0 Å². The molecule has 0 bridgehead atoms. The summed E-state index contributed by atoms with van der Waals surface area (Å²) in [5.41, 5.74) is 5.76. The number of rotatable bonds is 21. The molecule has 6 aromatic carbocycles. The minimum atomic E-state index is -1.05. The van der Waals surface area contributed by atoms with Crippen molar-refractivity contribution in [2.75, 3.05) is 27.4 Å². The van der Waals surface area contributed by atoms with Crippen LogP contribution in [0.25, 0.3) is 0 Å². The fourth-order valence-electron chi connectivity index (χ4n) is 8.77. The van der Waals surface area contributed by atoms with Gasteiger partial charge in [0.1, 0.15) is 54.6 Å². The van der Waals surface area contributed by atoms with Crippen LogP contribution in [-0.2, 0) is 85.1 Å². The molecule has 356 valence electrons. The van der Waals surface area contributed by atoms with Gasteiger partial charge in [-0.15, -0.1) is 0 Å². The molecular formula is C56H60O12. The van der Waals surface area contributed by atoms with E-state index >= 15 is 0 Å². The molecule has 0 N–H and O–H groups in total. The first-order valence-electron chi connectivity index (χ1n) is 23.3. The molecule has 0 saturated carbocycles. The van der Waals surface area contributed by atoms with Crippen molar-refractivity contribution in [1.29, 1.82) is 0 Å². The zero-order valence-electron chi connectivity index (χ0n) is 38.4. The maximum absolute atomic E-state index is 7.38. The molecule has 1 unspecified atom stereocenters. The lowest BCUT2D eigenvalue weighted by molar-refractivity contribution is -0.397. The van der Waals surface area contributed by atoms with Crippen molar-refractivity contribution in [2.45, 2.75) is 101 Å². The second kappa shape index (κ2) is 24.3. The Kier molecular flexibility index (Phi) is 17.1. The van der Waals surface area contributed by atoms with Gasteiger partial charge >= 0.3 is 0 Å². The van der Waals surface area contributed by atoms with E-state index < -0.39 is 67.7 Å². The summed E-state index contributed by atoms with van der Waals surface area (Å²) in [7, 11) is 3.25. The summed E-state index contributed by atoms with van der Waals surface area (Å²) in [5, 5.41) is 0. The molecule has 3 fully saturated rings. The highest BCUT2D eigenvalue weighted by atomic mass is 16.8. The fraction of sp³-hybridized carbons (Fsp3) is 0.357. The molecule has 0 radical (unpaired) electrons. The Morgan fingerprint density at radius 3 is 1.44 bits per heavy atom. The van der Waals surface area contributed by atoms with Gasteiger partial charge in [0.25, 0.3) is 0 Å². The highest BCUT2D eigenvalue weighted by Crippen LogP contribution is 2.40. The fourth-order valence-corrected chi connectivity index (χ4v) is 8.77. The van der Waals surface area contributed by atoms with E-state index in [2.05, 4.69) is 0 Å². The standard InChI is InChI=1S/C56H60O12/c1-57-45-30-28-43(29-31-45)36-61-51-49-47(38-64-54(67-49)44-26-16-7-17-27-44)66-56(53(51)63-35-42-24-14-6-15-25-42)68-48-46(37-59-32-39-18-8-3-9-19-39)65-55(58-2)52(62-34-41-22-12-5-13-23-41)50(48)60-33-40-20-10-4-11-21-40/h3-31,46-56H,32-38H2,1-2H3/t46-,47-,48-,49-,50+,51+,52+,53+,54?,55-,56+/m1/s1. The predicted molar refractivity (Wildman–Crippen MR) is 252 cm³/mol. The monoisotopic (exact) mass is 924 g/mol. The maximum atomic E-state index is 7.38. The van der Waals surface area contributed by atoms with Gasteiger partial charge in [-0.25, -0.2) is 0 Å². The summed E-state index contributed by atoms with van der Waals surface area (Å²) >= 11 is 0. The molecule has 3 heterocycles. The van der Waals surface area contributed by atoms with E-state index in [1.807, 2.05) is 176 Å². The molecule has 0 spiro atoms. The minimum absolute atomic E-state index is 0.132. The van der Waals surface area contributed by atoms with Gasteiger partial charge in [0, 0.05) is 12.7 Å². The van der Waals surface area contributed by atoms with Gasteiger partial charge in [-0.2, -0.15) is 0 Å². The highest BCUT2D eigenvalue weighted by Gasteiger charge is 2.56. The summed E-state index contributed by atoms with van der Waals surface area (Å²) in [4.78, 5) is 0. The van der Waals surface area contributed by atoms with Crippen LogP contribution in [0.2, 0.25) is 0 Å². The third-order valence-corrected chi connectivity index (χ3v) is 12.3. The quantitative estimate of drug-likeness (QED) is 0.0687. The molecule has 3 saturated heterocycles. The van der Waals surface area contributed by atoms with Crippen LogP contribution in [0.15, 0.2) is 176 Å². The van der Waals surface area contributed by atoms with E-state index in [-0.39, 0.29) is 39.6 Å². The Bertz CT molecular complexity index is 2340. The van der Waals surface area contributed by atoms with Crippen LogP contribution in [0.5, 0.6) is 5.75 Å². The average Bonchev–Trinajstić information content (AvgIpc) is 3.40. The Balaban J connectivity index is 1.08. The second-order valence-electron chi connectivity index (χ2n) is 17.0. The van der Waals surface area contributed by atoms with E-state index in [4.69, 9.17) is 56.8 Å². The van der Waals surface area contributed by atoms with Gasteiger partial charge in [0.15, 0.2) is 18.9 Å². The van der Waals surface area contributed by atoms with Gasteiger partial charge in [-0.1, -0.05) is 164 Å². The van der Waals surface area contributed by atoms with Crippen molar-refractivity contribution in [3.8, 4) is 5.75 Å². The largest absolute Gasteiger partial charge is 0.497 e. The van der Waals surface area contributed by atoms with Crippen LogP contribution >= 0.6 is 0 Å². The topological polar surface area (TPSA) is 111 Å². The Morgan fingerprint density at radius 2 is 0.912 bits per heavy atom. The number of methoxy groups -OCH3 is 2. The summed E-state index contributed by atoms with van der Waals surface area (Å²) < 4.78 is 80.2. The molecule has 68 heavy (non-hydrogen) atoms. The molecular weight excluding hydrogens is 865 g/mol. The smallest absolute Gasteiger partial charge is 0.187 e. The van der Waals surface area contributed by atoms with Crippen LogP contribution in [-0.4, -0.2) is 88.8 Å². The zero-order valence-corrected chi connectivity index (χ0v) is 38.4. The van der Waals surface area contributed by atoms with Crippen molar-refractivity contribution in [1.82, 2.24) is 0 Å². The van der Waals surface area contributed by atoms with Gasteiger partial charge in [-0.05, 0) is 39.9 Å². The first kappa shape index (κ1) is 47.7. The summed E-state index contributed by atoms with van der Waals surface area (Å²) in [6.07, 6.45) is -8.44. The SMILES string of the molecule is COc1ccc(CO[C@@H]2[C@H](OCc3ccccc3)[C@H](O[C@H]3[C@H](OCc4ccccc4)[C@H](OCc4ccccc4)[C@H](OC)O[C@@H]3COCc3ccccc3)O[C@@H]3COC(c4ccccc4)O[C@@H]23)cc1. The van der Waals surface area contributed by atoms with Crippen LogP contribution in [0.4, 0.5) is 0 Å². The van der Waals surface area contributed by atoms with Gasteiger partial charge in [0.2, 0.25) is 0 Å². The molecule has 0 amide bonds. The van der Waals surface area contributed by atoms with Crippen molar-refractivity contribution >= 4 is 0 Å². The molecule has 3 aliphatic rings. The molecule has 6 aromatic rings. The van der Waals surface area contributed by atoms with Crippen LogP contribution in [0.1, 0.15) is 39.7 Å². The van der Waals surface area contributed by atoms with E-state index in [1.165, 1.54) is 0 Å². The number of fused-ring (bicyclic) bond motifs is 1. The number of hydrogen-bond acceptors (Lipinski definition) is 12. The summed E-state index contributed by atoms with van der Waals surface area (Å²) in [6.45, 7) is 1.68. The lowest BCUT2D eigenvalue weighted by atomic mass is 9.95. The van der Waals surface area contributed by atoms with Crippen LogP contribution in [0, 0.1) is 0 Å². The van der Waals surface area contributed by atoms with Crippen molar-refractivity contribution < 1.29 is 56.8 Å². The highest BCUT2D eigenvalue weighted by molar-refractivity contribution is 5.27. The molecule has 0 aliphatic carbocycles. The third-order valence-electron chi connectivity index (χ3n) is 12.3. The third kappa shape index (κ3) is 12.5. The second-order valence-corrected chi connectivity index (χ2v) is 17.0. The molecule has 11 atom stereocenters. The minimum Gasteiger partial charge on any atom is -0.497 e. The van der Waals surface area contributed by atoms with Crippen molar-refractivity contribution in [2.24, 2.45) is 0 Å². The van der Waals surface area contributed by atoms with Crippen molar-refractivity contribution in [3.05, 3.63) is 209 Å². The normalized spacial score (nSPS) is 27.0. The van der Waals surface area contributed by atoms with Gasteiger partial charge < -0.3 is 56.8 Å². The van der Waals surface area contributed by atoms with Crippen LogP contribution < -0.4 is 4.74 Å². The number of benzene rings is 6. The summed E-state index contributed by atoms with van der Waals surface area (Å²) in [6, 6.07) is 57.6. The van der Waals surface area contributed by atoms with E-state index in [0.717, 1.165) is 39.1 Å². The first-order valence-corrected chi connectivity index (χ1v) is 23.3. The molecule has 9 rings (SSSR count). The molecule has 12 heteroatoms. The lowest BCUT2D eigenvalue weighted by Gasteiger charge is -2.51. The number of ether oxygens (including phenoxy) is 12. The van der Waals surface area contributed by atoms with E-state index in [0.29, 0.717) is 6.61 Å². The molecule has 12 nitrogen and oxygen atoms in total. The number of hydrogen-bond donors (Lipinski definition) is 0. The lowest BCUT2D eigenvalue weighted by Crippen LogP contribution is -2.67. The Morgan fingerprint density at radius 1 is 0.441 bits per heavy atom. The summed E-state index contributed by atoms with van der Waals surface area (Å²) in [5.74, 6) is 0.749. The van der Waals surface area contributed by atoms with E-state index in [1.54, 1.807) is 14.2 Å². The maximum Gasteiger partial charge on any atom is 0.187 e.